The second-order valence-electron chi connectivity index (χ2n) is 7.39. The summed E-state index contributed by atoms with van der Waals surface area (Å²) in [4.78, 5) is 0. The molecule has 0 saturated carbocycles. The fraction of sp³-hybridized carbons (Fsp3) is 1.00. The zero-order valence-corrected chi connectivity index (χ0v) is 16.0. The monoisotopic (exact) mass is 331 g/mol. The van der Waals surface area contributed by atoms with Gasteiger partial charge in [-0.1, -0.05) is 33.4 Å². The SMILES string of the molecule is CBON1C[C@@H](CC)[C@H](O)[C@@H](COCOCC[Si](C)(C)C)C1. The Kier molecular flexibility index (Phi) is 9.20. The van der Waals surface area contributed by atoms with Gasteiger partial charge < -0.3 is 19.3 Å². The molecule has 0 aromatic rings. The van der Waals surface area contributed by atoms with Crippen LogP contribution < -0.4 is 0 Å². The van der Waals surface area contributed by atoms with Gasteiger partial charge >= 0.3 is 7.48 Å². The van der Waals surface area contributed by atoms with Crippen molar-refractivity contribution in [1.82, 2.24) is 5.06 Å². The van der Waals surface area contributed by atoms with E-state index < -0.39 is 8.07 Å². The van der Waals surface area contributed by atoms with Gasteiger partial charge in [0.1, 0.15) is 6.79 Å². The van der Waals surface area contributed by atoms with Crippen LogP contribution in [0.25, 0.3) is 0 Å². The molecule has 1 fully saturated rings. The molecular formula is C15H34BNO4Si. The minimum Gasteiger partial charge on any atom is -0.392 e. The summed E-state index contributed by atoms with van der Waals surface area (Å²) >= 11 is 0. The minimum atomic E-state index is -1.04. The van der Waals surface area contributed by atoms with E-state index in [1.54, 1.807) is 0 Å². The number of ether oxygens (including phenoxy) is 2. The van der Waals surface area contributed by atoms with Crippen molar-refractivity contribution in [2.75, 3.05) is 33.1 Å². The number of hydroxylamine groups is 2. The Hall–Kier alpha value is 0.0818. The van der Waals surface area contributed by atoms with Crippen LogP contribution in [-0.2, 0) is 14.2 Å². The van der Waals surface area contributed by atoms with Crippen LogP contribution in [-0.4, -0.2) is 64.9 Å². The molecule has 0 aromatic carbocycles. The Morgan fingerprint density at radius 2 is 1.86 bits per heavy atom. The number of aliphatic hydroxyl groups excluding tert-OH is 1. The number of aliphatic hydroxyl groups is 1. The summed E-state index contributed by atoms with van der Waals surface area (Å²) in [7, 11) is -0.370. The quantitative estimate of drug-likeness (QED) is 0.377. The fourth-order valence-corrected chi connectivity index (χ4v) is 3.46. The average Bonchev–Trinajstić information content (AvgIpc) is 2.44. The van der Waals surface area contributed by atoms with Crippen molar-refractivity contribution in [3.05, 3.63) is 0 Å². The minimum absolute atomic E-state index is 0.0887. The topological polar surface area (TPSA) is 51.2 Å². The van der Waals surface area contributed by atoms with Crippen LogP contribution in [0.1, 0.15) is 13.3 Å². The summed E-state index contributed by atoms with van der Waals surface area (Å²) in [5.41, 5.74) is 0. The number of rotatable bonds is 10. The van der Waals surface area contributed by atoms with Crippen LogP contribution in [0, 0.1) is 11.8 Å². The van der Waals surface area contributed by atoms with Crippen molar-refractivity contribution in [2.45, 2.75) is 52.0 Å². The molecule has 1 saturated heterocycles. The molecule has 0 unspecified atom stereocenters. The Morgan fingerprint density at radius 1 is 1.18 bits per heavy atom. The van der Waals surface area contributed by atoms with Gasteiger partial charge in [0.2, 0.25) is 0 Å². The van der Waals surface area contributed by atoms with Crippen LogP contribution in [0.3, 0.4) is 0 Å². The van der Waals surface area contributed by atoms with E-state index in [1.165, 1.54) is 0 Å². The van der Waals surface area contributed by atoms with Crippen LogP contribution in [0.2, 0.25) is 32.5 Å². The zero-order chi connectivity index (χ0) is 16.6. The van der Waals surface area contributed by atoms with E-state index in [4.69, 9.17) is 14.2 Å². The van der Waals surface area contributed by atoms with Gasteiger partial charge in [-0.3, -0.25) is 0 Å². The number of piperidine rings is 1. The van der Waals surface area contributed by atoms with Crippen LogP contribution >= 0.6 is 0 Å². The largest absolute Gasteiger partial charge is 0.392 e. The van der Waals surface area contributed by atoms with Gasteiger partial charge in [-0.2, -0.15) is 0 Å². The summed E-state index contributed by atoms with van der Waals surface area (Å²) in [6.45, 7) is 14.2. The second-order valence-corrected chi connectivity index (χ2v) is 13.0. The van der Waals surface area contributed by atoms with Gasteiger partial charge in [0.05, 0.1) is 12.7 Å². The molecule has 1 rings (SSSR count). The van der Waals surface area contributed by atoms with Crippen LogP contribution in [0.5, 0.6) is 0 Å². The molecule has 1 aliphatic heterocycles. The Labute approximate surface area is 137 Å². The van der Waals surface area contributed by atoms with E-state index >= 15 is 0 Å². The molecule has 3 atom stereocenters. The molecule has 1 heterocycles. The first kappa shape index (κ1) is 20.1. The van der Waals surface area contributed by atoms with E-state index in [9.17, 15) is 5.11 Å². The standard InChI is InChI=1S/C15H34BNO4Si/c1-6-13-9-17(21-16-2)10-14(15(13)18)11-20-12-19-7-8-22(3,4)5/h13-16,18H,6-12H2,1-5H3/t13-,14-,15+/m1/s1. The highest BCUT2D eigenvalue weighted by Gasteiger charge is 2.35. The lowest BCUT2D eigenvalue weighted by Crippen LogP contribution is -2.50. The fourth-order valence-electron chi connectivity index (χ4n) is 2.70. The van der Waals surface area contributed by atoms with Gasteiger partial charge in [-0.15, -0.1) is 0 Å². The summed E-state index contributed by atoms with van der Waals surface area (Å²) < 4.78 is 16.8. The molecule has 0 aliphatic carbocycles. The molecule has 5 nitrogen and oxygen atoms in total. The molecule has 0 radical (unpaired) electrons. The normalized spacial score (nSPS) is 27.1. The summed E-state index contributed by atoms with van der Waals surface area (Å²) in [5, 5.41) is 12.4. The third-order valence-corrected chi connectivity index (χ3v) is 5.88. The molecule has 1 N–H and O–H groups in total. The van der Waals surface area contributed by atoms with Crippen molar-refractivity contribution in [2.24, 2.45) is 11.8 Å². The number of hydrogen-bond donors (Lipinski definition) is 1. The van der Waals surface area contributed by atoms with Gasteiger partial charge in [0, 0.05) is 33.7 Å². The first-order chi connectivity index (χ1) is 10.4. The lowest BCUT2D eigenvalue weighted by Gasteiger charge is -2.40. The molecule has 0 spiro atoms. The molecule has 0 bridgehead atoms. The van der Waals surface area contributed by atoms with Gasteiger partial charge in [-0.25, -0.2) is 5.06 Å². The molecule has 7 heteroatoms. The van der Waals surface area contributed by atoms with Gasteiger partial charge in [0.25, 0.3) is 0 Å². The maximum Gasteiger partial charge on any atom is 0.301 e. The highest BCUT2D eigenvalue weighted by molar-refractivity contribution is 6.76. The Balaban J connectivity index is 2.27. The molecule has 0 amide bonds. The molecule has 0 aromatic heterocycles. The van der Waals surface area contributed by atoms with E-state index in [0.717, 1.165) is 32.2 Å². The second kappa shape index (κ2) is 10.1. The molecular weight excluding hydrogens is 297 g/mol. The maximum atomic E-state index is 10.4. The number of hydrogen-bond acceptors (Lipinski definition) is 5. The highest BCUT2D eigenvalue weighted by atomic mass is 28.3. The van der Waals surface area contributed by atoms with Crippen LogP contribution in [0.4, 0.5) is 0 Å². The predicted molar refractivity (Wildman–Crippen MR) is 93.9 cm³/mol. The zero-order valence-electron chi connectivity index (χ0n) is 15.0. The first-order valence-electron chi connectivity index (χ1n) is 8.58. The van der Waals surface area contributed by atoms with Crippen molar-refractivity contribution in [3.8, 4) is 0 Å². The van der Waals surface area contributed by atoms with Crippen LogP contribution in [0.15, 0.2) is 0 Å². The summed E-state index contributed by atoms with van der Waals surface area (Å²) in [5.74, 6) is 0.340. The maximum absolute atomic E-state index is 10.4. The molecule has 22 heavy (non-hydrogen) atoms. The van der Waals surface area contributed by atoms with Gasteiger partial charge in [0.15, 0.2) is 0 Å². The lowest BCUT2D eigenvalue weighted by atomic mass is 9.85. The van der Waals surface area contributed by atoms with E-state index in [2.05, 4.69) is 26.6 Å². The predicted octanol–water partition coefficient (Wildman–Crippen LogP) is 1.97. The molecule has 1 aliphatic rings. The van der Waals surface area contributed by atoms with Crippen molar-refractivity contribution < 1.29 is 19.3 Å². The van der Waals surface area contributed by atoms with Gasteiger partial charge in [-0.05, 0) is 18.4 Å². The third kappa shape index (κ3) is 7.57. The smallest absolute Gasteiger partial charge is 0.301 e. The average molecular weight is 331 g/mol. The summed E-state index contributed by atoms with van der Waals surface area (Å²) in [6, 6.07) is 1.15. The van der Waals surface area contributed by atoms with E-state index in [0.29, 0.717) is 20.9 Å². The van der Waals surface area contributed by atoms with Crippen molar-refractivity contribution in [1.29, 1.82) is 0 Å². The van der Waals surface area contributed by atoms with E-state index in [-0.39, 0.29) is 17.9 Å². The molecule has 130 valence electrons. The van der Waals surface area contributed by atoms with E-state index in [1.807, 2.05) is 11.9 Å². The Morgan fingerprint density at radius 3 is 2.45 bits per heavy atom. The van der Waals surface area contributed by atoms with Crippen molar-refractivity contribution in [3.63, 3.8) is 0 Å². The first-order valence-corrected chi connectivity index (χ1v) is 12.3. The lowest BCUT2D eigenvalue weighted by molar-refractivity contribution is -0.163. The third-order valence-electron chi connectivity index (χ3n) is 4.17. The summed E-state index contributed by atoms with van der Waals surface area (Å²) in [6.07, 6.45) is 0.636. The highest BCUT2D eigenvalue weighted by Crippen LogP contribution is 2.25. The Bertz CT molecular complexity index is 304. The number of nitrogens with zero attached hydrogens (tertiary/aromatic N) is 1. The van der Waals surface area contributed by atoms with Crippen molar-refractivity contribution >= 4 is 15.6 Å².